The summed E-state index contributed by atoms with van der Waals surface area (Å²) in [5.41, 5.74) is 2.50. The van der Waals surface area contributed by atoms with E-state index in [9.17, 15) is 9.59 Å². The SMILES string of the molecule is C[C@H](OC(=O)COc1ccc(Cl)cc1)C(=O)Nc1ccccc1-c1ccccc1. The number of halogens is 1. The minimum absolute atomic E-state index is 0.306. The number of benzene rings is 3. The lowest BCUT2D eigenvalue weighted by Crippen LogP contribution is -2.31. The van der Waals surface area contributed by atoms with Crippen molar-refractivity contribution in [2.45, 2.75) is 13.0 Å². The fourth-order valence-electron chi connectivity index (χ4n) is 2.65. The zero-order valence-electron chi connectivity index (χ0n) is 15.8. The van der Waals surface area contributed by atoms with Gasteiger partial charge < -0.3 is 14.8 Å². The quantitative estimate of drug-likeness (QED) is 0.560. The average Bonchev–Trinajstić information content (AvgIpc) is 2.74. The minimum Gasteiger partial charge on any atom is -0.482 e. The van der Waals surface area contributed by atoms with Crippen LogP contribution in [0.2, 0.25) is 5.02 Å². The van der Waals surface area contributed by atoms with E-state index in [0.29, 0.717) is 16.5 Å². The van der Waals surface area contributed by atoms with Crippen LogP contribution < -0.4 is 10.1 Å². The van der Waals surface area contributed by atoms with E-state index >= 15 is 0 Å². The standard InChI is InChI=1S/C23H20ClNO4/c1-16(29-22(26)15-28-19-13-11-18(24)12-14-19)23(27)25-21-10-6-5-9-20(21)17-7-3-2-4-8-17/h2-14,16H,15H2,1H3,(H,25,27)/t16-/m0/s1. The Morgan fingerprint density at radius 1 is 0.931 bits per heavy atom. The third-order valence-corrected chi connectivity index (χ3v) is 4.37. The van der Waals surface area contributed by atoms with Gasteiger partial charge in [-0.1, -0.05) is 60.1 Å². The lowest BCUT2D eigenvalue weighted by Gasteiger charge is -2.16. The monoisotopic (exact) mass is 409 g/mol. The van der Waals surface area contributed by atoms with Gasteiger partial charge in [0, 0.05) is 16.3 Å². The van der Waals surface area contributed by atoms with E-state index in [4.69, 9.17) is 21.1 Å². The molecule has 0 spiro atoms. The minimum atomic E-state index is -0.972. The van der Waals surface area contributed by atoms with Gasteiger partial charge in [0.15, 0.2) is 12.7 Å². The van der Waals surface area contributed by atoms with Gasteiger partial charge in [-0.25, -0.2) is 4.79 Å². The van der Waals surface area contributed by atoms with E-state index in [0.717, 1.165) is 11.1 Å². The van der Waals surface area contributed by atoms with Crippen LogP contribution >= 0.6 is 11.6 Å². The second-order valence-corrected chi connectivity index (χ2v) is 6.71. The molecular formula is C23H20ClNO4. The van der Waals surface area contributed by atoms with Crippen molar-refractivity contribution in [1.29, 1.82) is 0 Å². The number of ether oxygens (including phenoxy) is 2. The first-order valence-electron chi connectivity index (χ1n) is 9.06. The Morgan fingerprint density at radius 3 is 2.31 bits per heavy atom. The van der Waals surface area contributed by atoms with Crippen LogP contribution in [0.1, 0.15) is 6.92 Å². The summed E-state index contributed by atoms with van der Waals surface area (Å²) in [7, 11) is 0. The molecule has 0 saturated heterocycles. The third-order valence-electron chi connectivity index (χ3n) is 4.12. The van der Waals surface area contributed by atoms with Gasteiger partial charge in [-0.2, -0.15) is 0 Å². The maximum absolute atomic E-state index is 12.5. The molecule has 5 nitrogen and oxygen atoms in total. The van der Waals surface area contributed by atoms with Gasteiger partial charge in [-0.15, -0.1) is 0 Å². The molecule has 3 aromatic rings. The molecule has 0 aliphatic heterocycles. The van der Waals surface area contributed by atoms with Crippen LogP contribution in [-0.4, -0.2) is 24.6 Å². The maximum atomic E-state index is 12.5. The van der Waals surface area contributed by atoms with E-state index in [-0.39, 0.29) is 6.61 Å². The van der Waals surface area contributed by atoms with E-state index < -0.39 is 18.0 Å². The van der Waals surface area contributed by atoms with Crippen molar-refractivity contribution in [3.8, 4) is 16.9 Å². The smallest absolute Gasteiger partial charge is 0.344 e. The van der Waals surface area contributed by atoms with Crippen LogP contribution in [-0.2, 0) is 14.3 Å². The van der Waals surface area contributed by atoms with E-state index in [1.807, 2.05) is 48.5 Å². The van der Waals surface area contributed by atoms with Gasteiger partial charge in [-0.05, 0) is 42.8 Å². The first kappa shape index (κ1) is 20.4. The van der Waals surface area contributed by atoms with Crippen molar-refractivity contribution in [3.05, 3.63) is 83.9 Å². The number of carbonyl (C=O) groups is 2. The topological polar surface area (TPSA) is 64.6 Å². The first-order chi connectivity index (χ1) is 14.0. The van der Waals surface area contributed by atoms with Crippen molar-refractivity contribution in [2.24, 2.45) is 0 Å². The Bertz CT molecular complexity index is 974. The Morgan fingerprint density at radius 2 is 1.59 bits per heavy atom. The van der Waals surface area contributed by atoms with Crippen molar-refractivity contribution < 1.29 is 19.1 Å². The van der Waals surface area contributed by atoms with Gasteiger partial charge in [0.05, 0.1) is 0 Å². The summed E-state index contributed by atoms with van der Waals surface area (Å²) >= 11 is 5.80. The maximum Gasteiger partial charge on any atom is 0.344 e. The molecule has 3 aromatic carbocycles. The predicted octanol–water partition coefficient (Wildman–Crippen LogP) is 4.96. The van der Waals surface area contributed by atoms with E-state index in [1.165, 1.54) is 6.92 Å². The summed E-state index contributed by atoms with van der Waals surface area (Å²) in [5, 5.41) is 3.39. The predicted molar refractivity (Wildman–Crippen MR) is 113 cm³/mol. The number of amides is 1. The zero-order valence-corrected chi connectivity index (χ0v) is 16.6. The number of hydrogen-bond donors (Lipinski definition) is 1. The summed E-state index contributed by atoms with van der Waals surface area (Å²) in [6.07, 6.45) is -0.972. The second-order valence-electron chi connectivity index (χ2n) is 6.28. The molecule has 148 valence electrons. The molecule has 1 N–H and O–H groups in total. The molecule has 0 saturated carbocycles. The third kappa shape index (κ3) is 5.83. The van der Waals surface area contributed by atoms with Crippen molar-refractivity contribution in [1.82, 2.24) is 0 Å². The molecule has 3 rings (SSSR count). The van der Waals surface area contributed by atoms with Crippen LogP contribution in [0.15, 0.2) is 78.9 Å². The molecule has 0 fully saturated rings. The number of nitrogens with one attached hydrogen (secondary N) is 1. The highest BCUT2D eigenvalue weighted by atomic mass is 35.5. The number of carbonyl (C=O) groups excluding carboxylic acids is 2. The summed E-state index contributed by atoms with van der Waals surface area (Å²) in [6, 6.07) is 23.8. The van der Waals surface area contributed by atoms with Crippen LogP contribution in [0.3, 0.4) is 0 Å². The van der Waals surface area contributed by atoms with E-state index in [1.54, 1.807) is 30.3 Å². The number of rotatable bonds is 7. The lowest BCUT2D eigenvalue weighted by molar-refractivity contribution is -0.155. The molecule has 1 amide bonds. The zero-order chi connectivity index (χ0) is 20.6. The van der Waals surface area contributed by atoms with Gasteiger partial charge in [-0.3, -0.25) is 4.79 Å². The number of anilines is 1. The van der Waals surface area contributed by atoms with E-state index in [2.05, 4.69) is 5.32 Å². The molecule has 6 heteroatoms. The molecule has 0 aliphatic carbocycles. The van der Waals surface area contributed by atoms with Gasteiger partial charge in [0.1, 0.15) is 5.75 Å². The van der Waals surface area contributed by atoms with Crippen LogP contribution in [0.4, 0.5) is 5.69 Å². The molecule has 0 heterocycles. The second kappa shape index (κ2) is 9.75. The number of para-hydroxylation sites is 1. The molecule has 0 unspecified atom stereocenters. The Kier molecular flexibility index (Phi) is 6.87. The molecule has 0 radical (unpaired) electrons. The molecule has 29 heavy (non-hydrogen) atoms. The summed E-state index contributed by atoms with van der Waals surface area (Å²) in [5.74, 6) is -0.576. The van der Waals surface area contributed by atoms with Crippen molar-refractivity contribution >= 4 is 29.2 Å². The van der Waals surface area contributed by atoms with Crippen molar-refractivity contribution in [3.63, 3.8) is 0 Å². The first-order valence-corrected chi connectivity index (χ1v) is 9.44. The lowest BCUT2D eigenvalue weighted by atomic mass is 10.0. The Balaban J connectivity index is 1.57. The Labute approximate surface area is 174 Å². The highest BCUT2D eigenvalue weighted by Crippen LogP contribution is 2.27. The van der Waals surface area contributed by atoms with Crippen LogP contribution in [0, 0.1) is 0 Å². The molecule has 0 aromatic heterocycles. The summed E-state index contributed by atoms with van der Waals surface area (Å²) < 4.78 is 10.5. The van der Waals surface area contributed by atoms with Crippen LogP contribution in [0.5, 0.6) is 5.75 Å². The summed E-state index contributed by atoms with van der Waals surface area (Å²) in [6.45, 7) is 1.21. The van der Waals surface area contributed by atoms with Crippen LogP contribution in [0.25, 0.3) is 11.1 Å². The van der Waals surface area contributed by atoms with Crippen molar-refractivity contribution in [2.75, 3.05) is 11.9 Å². The highest BCUT2D eigenvalue weighted by Gasteiger charge is 2.19. The fraction of sp³-hybridized carbons (Fsp3) is 0.130. The van der Waals surface area contributed by atoms with Gasteiger partial charge in [0.2, 0.25) is 0 Å². The largest absolute Gasteiger partial charge is 0.482 e. The normalized spacial score (nSPS) is 11.4. The summed E-state index contributed by atoms with van der Waals surface area (Å²) in [4.78, 5) is 24.5. The molecular weight excluding hydrogens is 390 g/mol. The molecule has 0 aliphatic rings. The average molecular weight is 410 g/mol. The number of hydrogen-bond acceptors (Lipinski definition) is 4. The highest BCUT2D eigenvalue weighted by molar-refractivity contribution is 6.30. The molecule has 0 bridgehead atoms. The fourth-order valence-corrected chi connectivity index (χ4v) is 2.78. The van der Waals surface area contributed by atoms with Gasteiger partial charge in [0.25, 0.3) is 5.91 Å². The number of esters is 1. The Hall–Kier alpha value is -3.31. The molecule has 1 atom stereocenters. The van der Waals surface area contributed by atoms with Gasteiger partial charge >= 0.3 is 5.97 Å².